The molecule has 33 heavy (non-hydrogen) atoms. The molecule has 2 aromatic heterocycles. The third-order valence-corrected chi connectivity index (χ3v) is 5.55. The van der Waals surface area contributed by atoms with Gasteiger partial charge in [-0.3, -0.25) is 4.79 Å². The largest absolute Gasteiger partial charge is 0.389 e. The van der Waals surface area contributed by atoms with Crippen LogP contribution in [0.4, 0.5) is 33.5 Å². The molecule has 2 heterocycles. The number of fused-ring (bicyclic) bond motifs is 1. The van der Waals surface area contributed by atoms with Gasteiger partial charge in [0.1, 0.15) is 23.6 Å². The number of anilines is 2. The van der Waals surface area contributed by atoms with E-state index >= 15 is 4.39 Å². The van der Waals surface area contributed by atoms with Crippen molar-refractivity contribution in [2.75, 3.05) is 22.3 Å². The molecule has 12 heteroatoms. The lowest BCUT2D eigenvalue weighted by molar-refractivity contribution is -0.129. The normalized spacial score (nSPS) is 11.7. The Morgan fingerprint density at radius 1 is 1.18 bits per heavy atom. The summed E-state index contributed by atoms with van der Waals surface area (Å²) in [6.45, 7) is 2.66. The Balaban J connectivity index is 1.87. The van der Waals surface area contributed by atoms with Gasteiger partial charge in [-0.05, 0) is 18.6 Å². The summed E-state index contributed by atoms with van der Waals surface area (Å²) in [6, 6.07) is 1.92. The number of hydrogen-bond acceptors (Lipinski definition) is 6. The van der Waals surface area contributed by atoms with Crippen LogP contribution in [0.15, 0.2) is 24.7 Å². The van der Waals surface area contributed by atoms with Crippen molar-refractivity contribution >= 4 is 40.3 Å². The van der Waals surface area contributed by atoms with Gasteiger partial charge in [0.2, 0.25) is 5.78 Å². The molecule has 0 saturated heterocycles. The number of alkyl halides is 3. The van der Waals surface area contributed by atoms with Crippen molar-refractivity contribution in [1.29, 1.82) is 0 Å². The average molecular weight is 487 g/mol. The summed E-state index contributed by atoms with van der Waals surface area (Å²) in [5.74, 6) is -3.24. The van der Waals surface area contributed by atoms with E-state index in [4.69, 9.17) is 0 Å². The smallest absolute Gasteiger partial charge is 0.369 e. The van der Waals surface area contributed by atoms with Crippen LogP contribution in [0.5, 0.6) is 0 Å². The van der Waals surface area contributed by atoms with Gasteiger partial charge < -0.3 is 15.0 Å². The molecule has 0 fully saturated rings. The molecule has 6 nitrogen and oxygen atoms in total. The minimum Gasteiger partial charge on any atom is -0.369 e. The maximum atomic E-state index is 15.0. The number of carbonyl (C=O) groups excluding carboxylic acids is 1. The Morgan fingerprint density at radius 2 is 1.97 bits per heavy atom. The third kappa shape index (κ3) is 6.12. The van der Waals surface area contributed by atoms with E-state index < -0.39 is 35.6 Å². The van der Waals surface area contributed by atoms with Crippen LogP contribution in [-0.2, 0) is 0 Å². The molecule has 0 amide bonds. The zero-order chi connectivity index (χ0) is 24.0. The highest BCUT2D eigenvalue weighted by Gasteiger charge is 2.28. The van der Waals surface area contributed by atoms with Gasteiger partial charge in [-0.15, -0.1) is 0 Å². The Labute approximate surface area is 190 Å². The van der Waals surface area contributed by atoms with Crippen LogP contribution in [0.25, 0.3) is 11.0 Å². The first kappa shape index (κ1) is 24.7. The van der Waals surface area contributed by atoms with E-state index in [-0.39, 0.29) is 17.0 Å². The molecule has 3 rings (SSSR count). The van der Waals surface area contributed by atoms with E-state index in [1.807, 2.05) is 0 Å². The molecule has 3 aromatic rings. The third-order valence-electron chi connectivity index (χ3n) is 4.78. The Morgan fingerprint density at radius 3 is 2.70 bits per heavy atom. The summed E-state index contributed by atoms with van der Waals surface area (Å²) in [6.07, 6.45) is 0.0662. The minimum absolute atomic E-state index is 0.0248. The zero-order valence-electron chi connectivity index (χ0n) is 17.7. The highest BCUT2D eigenvalue weighted by atomic mass is 32.2. The SMILES string of the molecule is CCCCCNc1ncnc2[nH]cc(C(=O)c3c(F)ccc(NSCCC(F)(F)F)c3F)c12. The molecule has 0 saturated carbocycles. The Bertz CT molecular complexity index is 1120. The molecule has 3 N–H and O–H groups in total. The number of benzene rings is 1. The molecule has 0 bridgehead atoms. The standard InChI is InChI=1S/C21H22F5N5OS/c1-2-3-4-8-27-19-15-12(10-28-20(15)30-11-29-19)18(32)16-13(22)5-6-14(17(16)23)31-33-9-7-21(24,25)26/h5-6,10-11,31H,2-4,7-9H2,1H3,(H2,27,28,29,30). The van der Waals surface area contributed by atoms with Crippen molar-refractivity contribution in [2.45, 2.75) is 38.8 Å². The van der Waals surface area contributed by atoms with Gasteiger partial charge in [-0.1, -0.05) is 31.7 Å². The van der Waals surface area contributed by atoms with Gasteiger partial charge in [-0.25, -0.2) is 18.7 Å². The van der Waals surface area contributed by atoms with Crippen LogP contribution < -0.4 is 10.0 Å². The van der Waals surface area contributed by atoms with Crippen LogP contribution >= 0.6 is 11.9 Å². The van der Waals surface area contributed by atoms with Crippen molar-refractivity contribution in [3.63, 3.8) is 0 Å². The second-order valence-electron chi connectivity index (χ2n) is 7.21. The lowest BCUT2D eigenvalue weighted by atomic mass is 10.0. The van der Waals surface area contributed by atoms with Gasteiger partial charge in [0.05, 0.1) is 28.6 Å². The van der Waals surface area contributed by atoms with E-state index in [2.05, 4.69) is 31.9 Å². The molecular formula is C21H22F5N5OS. The number of carbonyl (C=O) groups is 1. The number of hydrogen-bond donors (Lipinski definition) is 3. The number of aromatic amines is 1. The second-order valence-corrected chi connectivity index (χ2v) is 8.11. The lowest BCUT2D eigenvalue weighted by Crippen LogP contribution is -2.11. The fraction of sp³-hybridized carbons (Fsp3) is 0.381. The Kier molecular flexibility index (Phi) is 8.11. The molecule has 0 aliphatic carbocycles. The number of ketones is 1. The van der Waals surface area contributed by atoms with E-state index in [0.29, 0.717) is 35.3 Å². The quantitative estimate of drug-likeness (QED) is 0.132. The first-order valence-electron chi connectivity index (χ1n) is 10.3. The number of nitrogens with one attached hydrogen (secondary N) is 3. The maximum Gasteiger partial charge on any atom is 0.389 e. The molecule has 1 aromatic carbocycles. The van der Waals surface area contributed by atoms with E-state index in [0.717, 1.165) is 31.4 Å². The lowest BCUT2D eigenvalue weighted by Gasteiger charge is -2.12. The number of rotatable bonds is 11. The Hall–Kier alpha value is -2.89. The first-order valence-corrected chi connectivity index (χ1v) is 11.2. The average Bonchev–Trinajstić information content (AvgIpc) is 3.20. The van der Waals surface area contributed by atoms with Gasteiger partial charge in [0, 0.05) is 18.5 Å². The van der Waals surface area contributed by atoms with Crippen LogP contribution in [0.2, 0.25) is 0 Å². The summed E-state index contributed by atoms with van der Waals surface area (Å²) in [4.78, 5) is 24.2. The van der Waals surface area contributed by atoms with E-state index in [9.17, 15) is 22.4 Å². The predicted molar refractivity (Wildman–Crippen MR) is 118 cm³/mol. The van der Waals surface area contributed by atoms with Crippen molar-refractivity contribution in [3.05, 3.63) is 47.4 Å². The molecular weight excluding hydrogens is 465 g/mol. The van der Waals surface area contributed by atoms with Crippen molar-refractivity contribution < 1.29 is 26.7 Å². The summed E-state index contributed by atoms with van der Waals surface area (Å²) >= 11 is 0.609. The molecule has 0 radical (unpaired) electrons. The fourth-order valence-electron chi connectivity index (χ4n) is 3.13. The van der Waals surface area contributed by atoms with Crippen LogP contribution in [-0.4, -0.2) is 39.2 Å². The van der Waals surface area contributed by atoms with Gasteiger partial charge >= 0.3 is 6.18 Å². The summed E-state index contributed by atoms with van der Waals surface area (Å²) in [5.41, 5.74) is -0.813. The molecule has 0 spiro atoms. The van der Waals surface area contributed by atoms with E-state index in [1.165, 1.54) is 12.5 Å². The highest BCUT2D eigenvalue weighted by molar-refractivity contribution is 8.00. The summed E-state index contributed by atoms with van der Waals surface area (Å²) in [5, 5.41) is 3.43. The van der Waals surface area contributed by atoms with Gasteiger partial charge in [0.25, 0.3) is 0 Å². The molecule has 0 aliphatic rings. The highest BCUT2D eigenvalue weighted by Crippen LogP contribution is 2.31. The van der Waals surface area contributed by atoms with Gasteiger partial charge in [0.15, 0.2) is 5.82 Å². The zero-order valence-corrected chi connectivity index (χ0v) is 18.5. The van der Waals surface area contributed by atoms with Crippen molar-refractivity contribution in [2.24, 2.45) is 0 Å². The number of halogens is 5. The summed E-state index contributed by atoms with van der Waals surface area (Å²) < 4.78 is 68.8. The predicted octanol–water partition coefficient (Wildman–Crippen LogP) is 6.08. The van der Waals surface area contributed by atoms with Crippen LogP contribution in [0.1, 0.15) is 48.5 Å². The maximum absolute atomic E-state index is 15.0. The van der Waals surface area contributed by atoms with Crippen LogP contribution in [0, 0.1) is 11.6 Å². The molecule has 0 aliphatic heterocycles. The molecule has 0 atom stereocenters. The van der Waals surface area contributed by atoms with Crippen molar-refractivity contribution in [1.82, 2.24) is 15.0 Å². The molecule has 0 unspecified atom stereocenters. The number of aromatic nitrogens is 3. The minimum atomic E-state index is -4.35. The fourth-order valence-corrected chi connectivity index (χ4v) is 3.88. The van der Waals surface area contributed by atoms with Crippen LogP contribution in [0.3, 0.4) is 0 Å². The topological polar surface area (TPSA) is 82.7 Å². The number of H-pyrrole nitrogens is 1. The summed E-state index contributed by atoms with van der Waals surface area (Å²) in [7, 11) is 0. The monoisotopic (exact) mass is 487 g/mol. The second kappa shape index (κ2) is 10.8. The number of unbranched alkanes of at least 4 members (excludes halogenated alkanes) is 2. The molecule has 178 valence electrons. The van der Waals surface area contributed by atoms with Crippen molar-refractivity contribution in [3.8, 4) is 0 Å². The first-order chi connectivity index (χ1) is 15.7. The number of nitrogens with zero attached hydrogens (tertiary/aromatic N) is 2. The van der Waals surface area contributed by atoms with E-state index in [1.54, 1.807) is 0 Å². The van der Waals surface area contributed by atoms with Gasteiger partial charge in [-0.2, -0.15) is 13.2 Å².